The molecule has 4 aliphatic rings. The Labute approximate surface area is 314 Å². The van der Waals surface area contributed by atoms with Crippen molar-refractivity contribution in [3.05, 3.63) is 71.8 Å². The zero-order valence-corrected chi connectivity index (χ0v) is 30.3. The summed E-state index contributed by atoms with van der Waals surface area (Å²) in [6, 6.07) is 18.9. The van der Waals surface area contributed by atoms with Crippen LogP contribution in [0, 0.1) is 35.5 Å². The predicted molar refractivity (Wildman–Crippen MR) is 180 cm³/mol. The molecule has 2 saturated carbocycles. The number of hydrogen-bond donors (Lipinski definition) is 0. The maximum absolute atomic E-state index is 12.5. The number of likely N-dealkylation sites (tertiary alicyclic amines) is 2. The van der Waals surface area contributed by atoms with Gasteiger partial charge in [-0.3, -0.25) is 9.59 Å². The average molecular weight is 687 g/mol. The van der Waals surface area contributed by atoms with Gasteiger partial charge in [-0.1, -0.05) is 86.3 Å². The van der Waals surface area contributed by atoms with Crippen molar-refractivity contribution in [2.45, 2.75) is 77.0 Å². The van der Waals surface area contributed by atoms with Crippen molar-refractivity contribution in [3.8, 4) is 0 Å². The van der Waals surface area contributed by atoms with Gasteiger partial charge in [0.1, 0.15) is 0 Å². The van der Waals surface area contributed by atoms with Crippen molar-refractivity contribution in [2.24, 2.45) is 35.5 Å². The summed E-state index contributed by atoms with van der Waals surface area (Å²) in [7, 11) is 0. The van der Waals surface area contributed by atoms with Gasteiger partial charge in [0.15, 0.2) is 0 Å². The molecule has 0 spiro atoms. The molecule has 6 unspecified atom stereocenters. The van der Waals surface area contributed by atoms with Gasteiger partial charge in [0.2, 0.25) is 11.8 Å². The van der Waals surface area contributed by atoms with Crippen LogP contribution in [0.15, 0.2) is 60.7 Å². The van der Waals surface area contributed by atoms with E-state index in [1.165, 1.54) is 51.4 Å². The summed E-state index contributed by atoms with van der Waals surface area (Å²) < 4.78 is 0. The van der Waals surface area contributed by atoms with Crippen molar-refractivity contribution in [2.75, 3.05) is 26.2 Å². The number of carboxylic acids is 2. The Balaban J connectivity index is 0.000000250. The molecule has 4 fully saturated rings. The molecule has 2 aromatic rings. The third kappa shape index (κ3) is 11.3. The molecule has 2 aromatic carbocycles. The number of rotatable bonds is 10. The molecule has 2 N–H and O–H groups in total. The summed E-state index contributed by atoms with van der Waals surface area (Å²) in [5.74, 6) is -1.27. The second-order valence-corrected chi connectivity index (χ2v) is 14.0. The summed E-state index contributed by atoms with van der Waals surface area (Å²) in [6.07, 6.45) is 10.7. The monoisotopic (exact) mass is 686 g/mol. The molecule has 10 heteroatoms. The number of carbonyl (C=O) groups excluding carboxylic acids is 4. The third-order valence-electron chi connectivity index (χ3n) is 10.8. The van der Waals surface area contributed by atoms with Gasteiger partial charge in [-0.25, -0.2) is 0 Å². The number of nitrogens with zero attached hydrogens (tertiary/aromatic N) is 2. The number of fused-ring (bicyclic) bond motifs is 2. The fourth-order valence-electron chi connectivity index (χ4n) is 8.17. The molecule has 0 aromatic heterocycles. The quantitative estimate of drug-likeness (QED) is 0.349. The van der Waals surface area contributed by atoms with Gasteiger partial charge < -0.3 is 35.1 Å². The minimum Gasteiger partial charge on any atom is -0.550 e. The van der Waals surface area contributed by atoms with E-state index >= 15 is 0 Å². The van der Waals surface area contributed by atoms with Crippen LogP contribution in [0.3, 0.4) is 0 Å². The number of carboxylic acid groups (broad SMARTS) is 2. The number of benzene rings is 2. The van der Waals surface area contributed by atoms with Crippen molar-refractivity contribution in [3.63, 3.8) is 0 Å². The summed E-state index contributed by atoms with van der Waals surface area (Å²) in [6.45, 7) is 3.26. The SMILES string of the molecule is O.O=C([O-])C(CC(=O)N1CC2CCCCC2C1)Cc1ccccc1.O=C([O-])C(CC(=O)N1CC2CCCCC2C1)Cc1ccccc1.[Ca+2]. The smallest absolute Gasteiger partial charge is 0.550 e. The van der Waals surface area contributed by atoms with E-state index in [0.717, 1.165) is 37.3 Å². The second kappa shape index (κ2) is 19.7. The first kappa shape index (κ1) is 40.0. The van der Waals surface area contributed by atoms with Crippen LogP contribution in [0.25, 0.3) is 0 Å². The Bertz CT molecular complexity index is 1200. The fourth-order valence-corrected chi connectivity index (χ4v) is 8.17. The molecule has 6 rings (SSSR count). The standard InChI is InChI=1S/2C19H25NO3.Ca.H2O/c2*21-18(20-12-15-8-4-5-9-16(15)13-20)11-17(19(22)23)10-14-6-2-1-3-7-14;;/h2*1-3,6-7,15-17H,4-5,8-13H2,(H,22,23);;1H2/q;;+2;/p-2. The van der Waals surface area contributed by atoms with Gasteiger partial charge in [0, 0.05) is 62.8 Å². The van der Waals surface area contributed by atoms with Gasteiger partial charge >= 0.3 is 37.7 Å². The van der Waals surface area contributed by atoms with Gasteiger partial charge in [0.05, 0.1) is 0 Å². The Kier molecular flexibility index (Phi) is 16.4. The van der Waals surface area contributed by atoms with E-state index in [0.29, 0.717) is 36.5 Å². The summed E-state index contributed by atoms with van der Waals surface area (Å²) in [4.78, 5) is 51.7. The van der Waals surface area contributed by atoms with Crippen LogP contribution in [0.5, 0.6) is 0 Å². The van der Waals surface area contributed by atoms with Gasteiger partial charge in [-0.05, 0) is 73.3 Å². The van der Waals surface area contributed by atoms with Crippen molar-refractivity contribution < 1.29 is 34.9 Å². The molecule has 2 aliphatic carbocycles. The number of carbonyl (C=O) groups is 4. The molecule has 2 heterocycles. The van der Waals surface area contributed by atoms with Crippen molar-refractivity contribution in [1.29, 1.82) is 0 Å². The molecule has 0 bridgehead atoms. The molecule has 6 atom stereocenters. The molecule has 2 amide bonds. The van der Waals surface area contributed by atoms with E-state index in [-0.39, 0.29) is 67.9 Å². The topological polar surface area (TPSA) is 152 Å². The van der Waals surface area contributed by atoms with E-state index in [1.54, 1.807) is 0 Å². The summed E-state index contributed by atoms with van der Waals surface area (Å²) in [5.41, 5.74) is 1.87. The minimum absolute atomic E-state index is 0. The first-order valence-electron chi connectivity index (χ1n) is 17.3. The molecule has 0 radical (unpaired) electrons. The summed E-state index contributed by atoms with van der Waals surface area (Å²) in [5, 5.41) is 22.8. The van der Waals surface area contributed by atoms with Crippen molar-refractivity contribution >= 4 is 61.5 Å². The maximum atomic E-state index is 12.5. The number of amides is 2. The molecule has 2 aliphatic heterocycles. The van der Waals surface area contributed by atoms with E-state index in [9.17, 15) is 29.4 Å². The maximum Gasteiger partial charge on any atom is 2.00 e. The molecular weight excluding hydrogens is 637 g/mol. The van der Waals surface area contributed by atoms with Crippen LogP contribution in [0.1, 0.15) is 75.3 Å². The normalized spacial score (nSPS) is 23.9. The zero-order valence-electron chi connectivity index (χ0n) is 28.1. The minimum atomic E-state index is -1.13. The number of aliphatic carboxylic acids is 2. The van der Waals surface area contributed by atoms with Crippen LogP contribution in [0.4, 0.5) is 0 Å². The average Bonchev–Trinajstić information content (AvgIpc) is 3.70. The molecule has 9 nitrogen and oxygen atoms in total. The first-order chi connectivity index (χ1) is 22.3. The van der Waals surface area contributed by atoms with E-state index in [4.69, 9.17) is 0 Å². The van der Waals surface area contributed by atoms with E-state index in [2.05, 4.69) is 0 Å². The van der Waals surface area contributed by atoms with Crippen LogP contribution in [0.2, 0.25) is 0 Å². The third-order valence-corrected chi connectivity index (χ3v) is 10.8. The van der Waals surface area contributed by atoms with E-state index in [1.807, 2.05) is 70.5 Å². The van der Waals surface area contributed by atoms with Crippen LogP contribution >= 0.6 is 0 Å². The second-order valence-electron chi connectivity index (χ2n) is 14.0. The Morgan fingerprint density at radius 2 is 0.854 bits per heavy atom. The van der Waals surface area contributed by atoms with Gasteiger partial charge in [0.25, 0.3) is 0 Å². The molecule has 48 heavy (non-hydrogen) atoms. The van der Waals surface area contributed by atoms with Crippen LogP contribution in [-0.2, 0) is 32.0 Å². The van der Waals surface area contributed by atoms with Crippen molar-refractivity contribution in [1.82, 2.24) is 9.80 Å². The number of hydrogen-bond acceptors (Lipinski definition) is 6. The van der Waals surface area contributed by atoms with Gasteiger partial charge in [-0.2, -0.15) is 0 Å². The Morgan fingerprint density at radius 3 is 1.12 bits per heavy atom. The fraction of sp³-hybridized carbons (Fsp3) is 0.579. The molecular formula is C38H50CaN2O7. The predicted octanol–water partition coefficient (Wildman–Crippen LogP) is 2.06. The Hall–Kier alpha value is -2.46. The molecule has 256 valence electrons. The van der Waals surface area contributed by atoms with Gasteiger partial charge in [-0.15, -0.1) is 0 Å². The first-order valence-corrected chi connectivity index (χ1v) is 17.3. The Morgan fingerprint density at radius 1 is 0.562 bits per heavy atom. The zero-order chi connectivity index (χ0) is 32.5. The summed E-state index contributed by atoms with van der Waals surface area (Å²) >= 11 is 0. The van der Waals surface area contributed by atoms with E-state index < -0.39 is 23.8 Å². The largest absolute Gasteiger partial charge is 2.00 e. The van der Waals surface area contributed by atoms with Crippen LogP contribution < -0.4 is 10.2 Å². The molecule has 2 saturated heterocycles. The van der Waals surface area contributed by atoms with Crippen LogP contribution in [-0.4, -0.2) is 103 Å².